The molecule has 1 heterocycles. The average molecular weight is 369 g/mol. The molecule has 6 heteroatoms. The summed E-state index contributed by atoms with van der Waals surface area (Å²) < 4.78 is 13.4. The van der Waals surface area contributed by atoms with Crippen LogP contribution in [0.5, 0.6) is 0 Å². The number of nitrogens with one attached hydrogen (secondary N) is 1. The van der Waals surface area contributed by atoms with Crippen molar-refractivity contribution in [2.75, 3.05) is 31.5 Å². The number of likely N-dealkylation sites (tertiary alicyclic amines) is 1. The van der Waals surface area contributed by atoms with E-state index in [2.05, 4.69) is 37.9 Å². The molecule has 0 bridgehead atoms. The first-order valence-electron chi connectivity index (χ1n) is 8.91. The maximum Gasteiger partial charge on any atom is 0.198 e. The van der Waals surface area contributed by atoms with Crippen LogP contribution in [0.4, 0.5) is 10.1 Å². The van der Waals surface area contributed by atoms with Crippen LogP contribution in [0.1, 0.15) is 34.1 Å². The van der Waals surface area contributed by atoms with Gasteiger partial charge in [-0.25, -0.2) is 4.39 Å². The zero-order valence-electron chi connectivity index (χ0n) is 15.6. The van der Waals surface area contributed by atoms with E-state index in [0.717, 1.165) is 24.7 Å². The molecule has 1 aliphatic heterocycles. The Bertz CT molecular complexity index is 607. The number of piperidine rings is 1. The third kappa shape index (κ3) is 5.86. The van der Waals surface area contributed by atoms with Crippen molar-refractivity contribution in [3.63, 3.8) is 0 Å². The van der Waals surface area contributed by atoms with E-state index in [1.165, 1.54) is 12.5 Å². The second-order valence-electron chi connectivity index (χ2n) is 8.11. The van der Waals surface area contributed by atoms with Gasteiger partial charge in [0.15, 0.2) is 5.96 Å². The lowest BCUT2D eigenvalue weighted by Gasteiger charge is -2.37. The largest absolute Gasteiger partial charge is 0.342 e. The SMILES string of the molecule is CC1CC(C)CN(C(=NCC(C)(C)CN)Nc2ccc(F)c(Cl)c2)C1. The van der Waals surface area contributed by atoms with Gasteiger partial charge in [0.2, 0.25) is 0 Å². The van der Waals surface area contributed by atoms with Crippen LogP contribution in [-0.4, -0.2) is 37.0 Å². The van der Waals surface area contributed by atoms with Gasteiger partial charge in [-0.3, -0.25) is 4.99 Å². The monoisotopic (exact) mass is 368 g/mol. The van der Waals surface area contributed by atoms with E-state index in [1.54, 1.807) is 12.1 Å². The number of halogens is 2. The number of benzene rings is 1. The Morgan fingerprint density at radius 2 is 2.00 bits per heavy atom. The Hall–Kier alpha value is -1.33. The molecule has 1 aliphatic rings. The Labute approximate surface area is 155 Å². The molecular weight excluding hydrogens is 339 g/mol. The van der Waals surface area contributed by atoms with Crippen molar-refractivity contribution in [2.24, 2.45) is 28.0 Å². The van der Waals surface area contributed by atoms with E-state index in [1.807, 2.05) is 0 Å². The minimum absolute atomic E-state index is 0.0691. The van der Waals surface area contributed by atoms with Crippen molar-refractivity contribution in [3.05, 3.63) is 29.0 Å². The fourth-order valence-electron chi connectivity index (χ4n) is 3.11. The molecule has 4 nitrogen and oxygen atoms in total. The van der Waals surface area contributed by atoms with E-state index in [0.29, 0.717) is 24.9 Å². The van der Waals surface area contributed by atoms with E-state index in [9.17, 15) is 4.39 Å². The van der Waals surface area contributed by atoms with E-state index in [-0.39, 0.29) is 10.4 Å². The fraction of sp³-hybridized carbons (Fsp3) is 0.632. The van der Waals surface area contributed by atoms with Gasteiger partial charge in [0.05, 0.1) is 5.02 Å². The van der Waals surface area contributed by atoms with Gasteiger partial charge in [-0.2, -0.15) is 0 Å². The predicted molar refractivity (Wildman–Crippen MR) is 105 cm³/mol. The molecule has 0 aliphatic carbocycles. The predicted octanol–water partition coefficient (Wildman–Crippen LogP) is 4.21. The topological polar surface area (TPSA) is 53.6 Å². The van der Waals surface area contributed by atoms with Crippen molar-refractivity contribution >= 4 is 23.2 Å². The van der Waals surface area contributed by atoms with Crippen LogP contribution in [0, 0.1) is 23.1 Å². The number of guanidine groups is 1. The number of nitrogens with zero attached hydrogens (tertiary/aromatic N) is 2. The number of aliphatic imine (C=N–C) groups is 1. The normalized spacial score (nSPS) is 22.2. The van der Waals surface area contributed by atoms with Crippen molar-refractivity contribution in [3.8, 4) is 0 Å². The van der Waals surface area contributed by atoms with Gasteiger partial charge < -0.3 is 16.0 Å². The molecule has 1 fully saturated rings. The molecular formula is C19H30ClFN4. The Morgan fingerprint density at radius 1 is 1.36 bits per heavy atom. The number of nitrogens with two attached hydrogens (primary N) is 1. The Balaban J connectivity index is 2.24. The van der Waals surface area contributed by atoms with Gasteiger partial charge >= 0.3 is 0 Å². The molecule has 1 aromatic rings. The fourth-order valence-corrected chi connectivity index (χ4v) is 3.29. The van der Waals surface area contributed by atoms with Crippen molar-refractivity contribution < 1.29 is 4.39 Å². The Morgan fingerprint density at radius 3 is 2.56 bits per heavy atom. The lowest BCUT2D eigenvalue weighted by Crippen LogP contribution is -2.46. The highest BCUT2D eigenvalue weighted by Gasteiger charge is 2.25. The molecule has 0 radical (unpaired) electrons. The second-order valence-corrected chi connectivity index (χ2v) is 8.52. The third-order valence-electron chi connectivity index (χ3n) is 4.55. The van der Waals surface area contributed by atoms with Crippen LogP contribution >= 0.6 is 11.6 Å². The quantitative estimate of drug-likeness (QED) is 0.618. The number of rotatable bonds is 4. The van der Waals surface area contributed by atoms with Crippen LogP contribution in [0.25, 0.3) is 0 Å². The number of hydrogen-bond acceptors (Lipinski definition) is 2. The zero-order chi connectivity index (χ0) is 18.6. The molecule has 3 N–H and O–H groups in total. The highest BCUT2D eigenvalue weighted by atomic mass is 35.5. The van der Waals surface area contributed by atoms with Gasteiger partial charge in [0.25, 0.3) is 0 Å². The van der Waals surface area contributed by atoms with E-state index >= 15 is 0 Å². The van der Waals surface area contributed by atoms with Gasteiger partial charge in [0, 0.05) is 25.3 Å². The smallest absolute Gasteiger partial charge is 0.198 e. The van der Waals surface area contributed by atoms with Crippen LogP contribution in [-0.2, 0) is 0 Å². The van der Waals surface area contributed by atoms with E-state index < -0.39 is 5.82 Å². The minimum atomic E-state index is -0.421. The first-order chi connectivity index (χ1) is 11.7. The van der Waals surface area contributed by atoms with Crippen molar-refractivity contribution in [2.45, 2.75) is 34.1 Å². The highest BCUT2D eigenvalue weighted by Crippen LogP contribution is 2.24. The van der Waals surface area contributed by atoms with E-state index in [4.69, 9.17) is 22.3 Å². The maximum absolute atomic E-state index is 13.4. The molecule has 0 saturated carbocycles. The molecule has 2 unspecified atom stereocenters. The summed E-state index contributed by atoms with van der Waals surface area (Å²) in [6, 6.07) is 4.65. The average Bonchev–Trinajstić information content (AvgIpc) is 2.53. The zero-order valence-corrected chi connectivity index (χ0v) is 16.4. The molecule has 140 valence electrons. The summed E-state index contributed by atoms with van der Waals surface area (Å²) in [6.45, 7) is 11.8. The lowest BCUT2D eigenvalue weighted by atomic mass is 9.92. The summed E-state index contributed by atoms with van der Waals surface area (Å²) in [7, 11) is 0. The van der Waals surface area contributed by atoms with Crippen LogP contribution < -0.4 is 11.1 Å². The summed E-state index contributed by atoms with van der Waals surface area (Å²) in [5, 5.41) is 3.44. The van der Waals surface area contributed by atoms with Crippen molar-refractivity contribution in [1.82, 2.24) is 4.90 Å². The molecule has 1 saturated heterocycles. The lowest BCUT2D eigenvalue weighted by molar-refractivity contribution is 0.212. The van der Waals surface area contributed by atoms with Gasteiger partial charge in [0.1, 0.15) is 5.82 Å². The molecule has 0 aromatic heterocycles. The molecule has 2 atom stereocenters. The van der Waals surface area contributed by atoms with Crippen molar-refractivity contribution in [1.29, 1.82) is 0 Å². The summed E-state index contributed by atoms with van der Waals surface area (Å²) >= 11 is 5.92. The first-order valence-corrected chi connectivity index (χ1v) is 9.29. The molecule has 2 rings (SSSR count). The number of hydrogen-bond donors (Lipinski definition) is 2. The minimum Gasteiger partial charge on any atom is -0.342 e. The molecule has 0 amide bonds. The Kier molecular flexibility index (Phi) is 6.69. The summed E-state index contributed by atoms with van der Waals surface area (Å²) in [6.07, 6.45) is 1.22. The van der Waals surface area contributed by atoms with Gasteiger partial charge in [-0.15, -0.1) is 0 Å². The summed E-state index contributed by atoms with van der Waals surface area (Å²) in [5.74, 6) is 1.60. The molecule has 1 aromatic carbocycles. The summed E-state index contributed by atoms with van der Waals surface area (Å²) in [4.78, 5) is 7.10. The highest BCUT2D eigenvalue weighted by molar-refractivity contribution is 6.31. The maximum atomic E-state index is 13.4. The van der Waals surface area contributed by atoms with Crippen LogP contribution in [0.3, 0.4) is 0 Å². The molecule has 25 heavy (non-hydrogen) atoms. The first kappa shape index (κ1) is 20.0. The van der Waals surface area contributed by atoms with Gasteiger partial charge in [-0.1, -0.05) is 39.3 Å². The standard InChI is InChI=1S/C19H30ClFN4/c1-13-7-14(2)10-25(9-13)18(23-12-19(3,4)11-22)24-15-5-6-17(21)16(20)8-15/h5-6,8,13-14H,7,9-12,22H2,1-4H3,(H,23,24). The van der Waals surface area contributed by atoms with Crippen LogP contribution in [0.15, 0.2) is 23.2 Å². The summed E-state index contributed by atoms with van der Waals surface area (Å²) in [5.41, 5.74) is 6.51. The third-order valence-corrected chi connectivity index (χ3v) is 4.84. The second kappa shape index (κ2) is 8.37. The van der Waals surface area contributed by atoms with Crippen LogP contribution in [0.2, 0.25) is 5.02 Å². The number of anilines is 1. The molecule has 0 spiro atoms. The van der Waals surface area contributed by atoms with Gasteiger partial charge in [-0.05, 0) is 48.4 Å².